The van der Waals surface area contributed by atoms with Gasteiger partial charge in [0.2, 0.25) is 5.91 Å². The van der Waals surface area contributed by atoms with Crippen LogP contribution in [0.3, 0.4) is 0 Å². The largest absolute Gasteiger partial charge is 0.387 e. The molecule has 0 saturated heterocycles. The fraction of sp³-hybridized carbons (Fsp3) is 0.409. The molecule has 1 atom stereocenters. The van der Waals surface area contributed by atoms with Gasteiger partial charge in [0.05, 0.1) is 30.5 Å². The van der Waals surface area contributed by atoms with Gasteiger partial charge in [-0.1, -0.05) is 30.3 Å². The van der Waals surface area contributed by atoms with Crippen LogP contribution in [0, 0.1) is 0 Å². The third kappa shape index (κ3) is 3.64. The number of hydrogen-bond acceptors (Lipinski definition) is 4. The van der Waals surface area contributed by atoms with Crippen molar-refractivity contribution in [2.75, 3.05) is 6.54 Å². The highest BCUT2D eigenvalue weighted by Crippen LogP contribution is 2.34. The molecule has 1 aromatic heterocycles. The first kappa shape index (κ1) is 18.6. The molecule has 0 spiro atoms. The molecule has 0 radical (unpaired) electrons. The summed E-state index contributed by atoms with van der Waals surface area (Å²) in [6.07, 6.45) is 1.52. The Morgan fingerprint density at radius 1 is 1.21 bits per heavy atom. The van der Waals surface area contributed by atoms with E-state index in [2.05, 4.69) is 5.10 Å². The number of Topliss-reactive ketones (excluding diaryl/α,β-unsaturated/α-hetero) is 1. The minimum Gasteiger partial charge on any atom is -0.387 e. The standard InChI is InChI=1S/C22H25N3O3/c1-15(26)20-12-17-14-24(10-5-11-25(17)23-20)22(28)13-19-18(8-9-21(19)27)16-6-3-2-4-7-16/h2-4,6-7,12,15,26H,5,8-11,13-14H2,1H3/t15-/m0/s1. The van der Waals surface area contributed by atoms with Crippen molar-refractivity contribution < 1.29 is 14.7 Å². The van der Waals surface area contributed by atoms with Gasteiger partial charge in [-0.15, -0.1) is 0 Å². The van der Waals surface area contributed by atoms with Gasteiger partial charge in [-0.2, -0.15) is 5.10 Å². The molecule has 0 saturated carbocycles. The lowest BCUT2D eigenvalue weighted by molar-refractivity contribution is -0.131. The van der Waals surface area contributed by atoms with E-state index in [9.17, 15) is 14.7 Å². The lowest BCUT2D eigenvalue weighted by Gasteiger charge is -2.20. The molecule has 2 heterocycles. The summed E-state index contributed by atoms with van der Waals surface area (Å²) in [7, 11) is 0. The molecule has 4 rings (SSSR count). The number of aliphatic hydroxyl groups excluding tert-OH is 1. The van der Waals surface area contributed by atoms with Crippen LogP contribution in [0.5, 0.6) is 0 Å². The topological polar surface area (TPSA) is 75.4 Å². The maximum absolute atomic E-state index is 13.0. The number of rotatable bonds is 4. The van der Waals surface area contributed by atoms with E-state index in [1.54, 1.807) is 6.92 Å². The fourth-order valence-electron chi connectivity index (χ4n) is 4.04. The third-order valence-electron chi connectivity index (χ3n) is 5.57. The van der Waals surface area contributed by atoms with E-state index < -0.39 is 6.10 Å². The molecule has 1 amide bonds. The Labute approximate surface area is 164 Å². The molecule has 2 aliphatic rings. The number of aromatic nitrogens is 2. The number of amides is 1. The van der Waals surface area contributed by atoms with Gasteiger partial charge in [-0.05, 0) is 37.0 Å². The van der Waals surface area contributed by atoms with Crippen LogP contribution in [0.1, 0.15) is 55.7 Å². The van der Waals surface area contributed by atoms with E-state index in [1.807, 2.05) is 46.0 Å². The van der Waals surface area contributed by atoms with Crippen LogP contribution in [-0.2, 0) is 22.7 Å². The SMILES string of the molecule is C[C@H](O)c1cc2n(n1)CCCN(C(=O)CC1=C(c3ccccc3)CCC1=O)C2. The quantitative estimate of drug-likeness (QED) is 0.886. The van der Waals surface area contributed by atoms with Crippen molar-refractivity contribution in [1.29, 1.82) is 0 Å². The Balaban J connectivity index is 1.54. The average Bonchev–Trinajstić information content (AvgIpc) is 3.20. The summed E-state index contributed by atoms with van der Waals surface area (Å²) in [5.41, 5.74) is 4.27. The van der Waals surface area contributed by atoms with Gasteiger partial charge in [0.25, 0.3) is 0 Å². The average molecular weight is 379 g/mol. The number of carbonyl (C=O) groups excluding carboxylic acids is 2. The van der Waals surface area contributed by atoms with Gasteiger partial charge < -0.3 is 10.0 Å². The molecule has 1 aliphatic carbocycles. The van der Waals surface area contributed by atoms with Crippen molar-refractivity contribution in [3.8, 4) is 0 Å². The van der Waals surface area contributed by atoms with Crippen LogP contribution in [0.4, 0.5) is 0 Å². The van der Waals surface area contributed by atoms with Gasteiger partial charge in [0.15, 0.2) is 5.78 Å². The fourth-order valence-corrected chi connectivity index (χ4v) is 4.04. The second-order valence-electron chi connectivity index (χ2n) is 7.55. The van der Waals surface area contributed by atoms with Gasteiger partial charge in [-0.3, -0.25) is 14.3 Å². The van der Waals surface area contributed by atoms with E-state index in [1.165, 1.54) is 0 Å². The van der Waals surface area contributed by atoms with Crippen molar-refractivity contribution >= 4 is 17.3 Å². The zero-order valence-electron chi connectivity index (χ0n) is 16.1. The lowest BCUT2D eigenvalue weighted by atomic mass is 9.99. The lowest BCUT2D eigenvalue weighted by Crippen LogP contribution is -2.31. The highest BCUT2D eigenvalue weighted by molar-refractivity contribution is 6.10. The first-order valence-electron chi connectivity index (χ1n) is 9.86. The second kappa shape index (κ2) is 7.72. The molecule has 0 fully saturated rings. The Bertz CT molecular complexity index is 928. The molecule has 1 aliphatic heterocycles. The molecule has 1 aromatic carbocycles. The number of allylic oxidation sites excluding steroid dienone is 1. The van der Waals surface area contributed by atoms with E-state index in [0.717, 1.165) is 29.8 Å². The third-order valence-corrected chi connectivity index (χ3v) is 5.57. The number of ketones is 1. The predicted octanol–water partition coefficient (Wildman–Crippen LogP) is 2.88. The molecule has 6 nitrogen and oxygen atoms in total. The summed E-state index contributed by atoms with van der Waals surface area (Å²) < 4.78 is 1.88. The summed E-state index contributed by atoms with van der Waals surface area (Å²) in [6.45, 7) is 3.52. The summed E-state index contributed by atoms with van der Waals surface area (Å²) in [5, 5.41) is 14.2. The molecular weight excluding hydrogens is 354 g/mol. The number of fused-ring (bicyclic) bond motifs is 1. The molecular formula is C22H25N3O3. The summed E-state index contributed by atoms with van der Waals surface area (Å²) in [4.78, 5) is 27.3. The number of aliphatic hydroxyl groups is 1. The Kier molecular flexibility index (Phi) is 5.13. The number of carbonyl (C=O) groups is 2. The zero-order valence-corrected chi connectivity index (χ0v) is 16.1. The molecule has 1 N–H and O–H groups in total. The van der Waals surface area contributed by atoms with Crippen molar-refractivity contribution in [2.24, 2.45) is 0 Å². The highest BCUT2D eigenvalue weighted by atomic mass is 16.3. The molecule has 28 heavy (non-hydrogen) atoms. The van der Waals surface area contributed by atoms with Crippen LogP contribution in [0.2, 0.25) is 0 Å². The van der Waals surface area contributed by atoms with E-state index in [4.69, 9.17) is 0 Å². The zero-order chi connectivity index (χ0) is 19.7. The van der Waals surface area contributed by atoms with E-state index in [0.29, 0.717) is 37.2 Å². The van der Waals surface area contributed by atoms with Gasteiger partial charge >= 0.3 is 0 Å². The first-order valence-corrected chi connectivity index (χ1v) is 9.86. The van der Waals surface area contributed by atoms with Crippen molar-refractivity contribution in [2.45, 2.75) is 51.8 Å². The van der Waals surface area contributed by atoms with E-state index in [-0.39, 0.29) is 18.1 Å². The van der Waals surface area contributed by atoms with Crippen LogP contribution < -0.4 is 0 Å². The number of aryl methyl sites for hydroxylation is 1. The maximum atomic E-state index is 13.0. The number of nitrogens with zero attached hydrogens (tertiary/aromatic N) is 3. The summed E-state index contributed by atoms with van der Waals surface area (Å²) in [5.74, 6) is 0.0652. The van der Waals surface area contributed by atoms with Gasteiger partial charge in [0, 0.05) is 25.1 Å². The van der Waals surface area contributed by atoms with E-state index >= 15 is 0 Å². The molecule has 146 valence electrons. The van der Waals surface area contributed by atoms with Gasteiger partial charge in [-0.25, -0.2) is 0 Å². The highest BCUT2D eigenvalue weighted by Gasteiger charge is 2.28. The second-order valence-corrected chi connectivity index (χ2v) is 7.55. The van der Waals surface area contributed by atoms with Crippen molar-refractivity contribution in [1.82, 2.24) is 14.7 Å². The van der Waals surface area contributed by atoms with Crippen molar-refractivity contribution in [3.05, 3.63) is 58.9 Å². The minimum atomic E-state index is -0.627. The summed E-state index contributed by atoms with van der Waals surface area (Å²) in [6, 6.07) is 11.7. The Morgan fingerprint density at radius 3 is 2.75 bits per heavy atom. The first-order chi connectivity index (χ1) is 13.5. The Morgan fingerprint density at radius 2 is 2.00 bits per heavy atom. The van der Waals surface area contributed by atoms with Crippen LogP contribution in [0.15, 0.2) is 42.0 Å². The summed E-state index contributed by atoms with van der Waals surface area (Å²) >= 11 is 0. The smallest absolute Gasteiger partial charge is 0.227 e. The maximum Gasteiger partial charge on any atom is 0.227 e. The molecule has 2 aromatic rings. The Hall–Kier alpha value is -2.73. The number of benzene rings is 1. The normalized spacial score (nSPS) is 18.2. The van der Waals surface area contributed by atoms with Crippen LogP contribution in [-0.4, -0.2) is 38.0 Å². The van der Waals surface area contributed by atoms with Crippen LogP contribution in [0.25, 0.3) is 5.57 Å². The number of hydrogen-bond donors (Lipinski definition) is 1. The monoisotopic (exact) mass is 379 g/mol. The van der Waals surface area contributed by atoms with Crippen molar-refractivity contribution in [3.63, 3.8) is 0 Å². The predicted molar refractivity (Wildman–Crippen MR) is 105 cm³/mol. The molecule has 6 heteroatoms. The molecule has 0 bridgehead atoms. The molecule has 0 unspecified atom stereocenters. The van der Waals surface area contributed by atoms with Crippen LogP contribution >= 0.6 is 0 Å². The van der Waals surface area contributed by atoms with Gasteiger partial charge in [0.1, 0.15) is 0 Å². The minimum absolute atomic E-state index is 0.0214.